The van der Waals surface area contributed by atoms with Crippen LogP contribution in [0.2, 0.25) is 0 Å². The predicted molar refractivity (Wildman–Crippen MR) is 51.1 cm³/mol. The molecule has 0 aliphatic carbocycles. The molecule has 1 heterocycles. The first-order valence-electron chi connectivity index (χ1n) is 4.90. The lowest BCUT2D eigenvalue weighted by Crippen LogP contribution is -2.43. The quantitative estimate of drug-likeness (QED) is 0.680. The van der Waals surface area contributed by atoms with Gasteiger partial charge in [-0.15, -0.1) is 0 Å². The maximum atomic E-state index is 9.23. The van der Waals surface area contributed by atoms with Crippen LogP contribution in [0.3, 0.4) is 0 Å². The van der Waals surface area contributed by atoms with Crippen molar-refractivity contribution in [1.29, 1.82) is 0 Å². The molecule has 1 atom stereocenters. The normalized spacial score (nSPS) is 27.0. The smallest absolute Gasteiger partial charge is 0.0639 e. The zero-order valence-electron chi connectivity index (χ0n) is 8.51. The first-order chi connectivity index (χ1) is 5.49. The summed E-state index contributed by atoms with van der Waals surface area (Å²) in [7, 11) is 0. The van der Waals surface area contributed by atoms with E-state index in [1.54, 1.807) is 0 Å². The molecule has 0 unspecified atom stereocenters. The van der Waals surface area contributed by atoms with Crippen LogP contribution in [0.4, 0.5) is 0 Å². The minimum atomic E-state index is -0.182. The summed E-state index contributed by atoms with van der Waals surface area (Å²) in [6, 6.07) is 0. The molecule has 0 aromatic rings. The van der Waals surface area contributed by atoms with Crippen molar-refractivity contribution in [2.75, 3.05) is 19.6 Å². The second-order valence-corrected chi connectivity index (χ2v) is 4.85. The summed E-state index contributed by atoms with van der Waals surface area (Å²) < 4.78 is 0. The highest BCUT2D eigenvalue weighted by atomic mass is 16.3. The lowest BCUT2D eigenvalue weighted by Gasteiger charge is -2.38. The molecule has 0 saturated carbocycles. The summed E-state index contributed by atoms with van der Waals surface area (Å²) in [5, 5.41) is 9.23. The number of hydrogen-bond donors (Lipinski definition) is 1. The van der Waals surface area contributed by atoms with Gasteiger partial charge in [-0.2, -0.15) is 0 Å². The number of nitrogens with zero attached hydrogens (tertiary/aromatic N) is 1. The van der Waals surface area contributed by atoms with E-state index in [9.17, 15) is 5.11 Å². The Morgan fingerprint density at radius 3 is 2.67 bits per heavy atom. The molecule has 0 bridgehead atoms. The summed E-state index contributed by atoms with van der Waals surface area (Å²) >= 11 is 0. The van der Waals surface area contributed by atoms with Gasteiger partial charge < -0.3 is 10.0 Å². The second kappa shape index (κ2) is 3.75. The molecule has 2 nitrogen and oxygen atoms in total. The van der Waals surface area contributed by atoms with Crippen LogP contribution in [0, 0.1) is 5.41 Å². The lowest BCUT2D eigenvalue weighted by molar-refractivity contribution is 0.0676. The van der Waals surface area contributed by atoms with Crippen molar-refractivity contribution in [2.24, 2.45) is 5.41 Å². The highest BCUT2D eigenvalue weighted by molar-refractivity contribution is 4.80. The van der Waals surface area contributed by atoms with E-state index in [0.717, 1.165) is 19.6 Å². The molecule has 0 radical (unpaired) electrons. The number of likely N-dealkylation sites (tertiary alicyclic amines) is 1. The number of hydrogen-bond acceptors (Lipinski definition) is 2. The van der Waals surface area contributed by atoms with Gasteiger partial charge in [-0.05, 0) is 31.7 Å². The SMILES string of the molecule is C[C@H](O)CN1CCCC(C)(C)C1. The van der Waals surface area contributed by atoms with E-state index in [-0.39, 0.29) is 6.10 Å². The first-order valence-corrected chi connectivity index (χ1v) is 4.90. The minimum absolute atomic E-state index is 0.182. The zero-order valence-corrected chi connectivity index (χ0v) is 8.51. The van der Waals surface area contributed by atoms with Crippen molar-refractivity contribution in [1.82, 2.24) is 4.90 Å². The molecule has 0 aromatic carbocycles. The third-order valence-corrected chi connectivity index (χ3v) is 2.50. The fourth-order valence-corrected chi connectivity index (χ4v) is 2.07. The van der Waals surface area contributed by atoms with E-state index in [4.69, 9.17) is 0 Å². The Kier molecular flexibility index (Phi) is 3.13. The largest absolute Gasteiger partial charge is 0.392 e. The van der Waals surface area contributed by atoms with Crippen LogP contribution >= 0.6 is 0 Å². The number of rotatable bonds is 2. The molecular weight excluding hydrogens is 150 g/mol. The van der Waals surface area contributed by atoms with Crippen molar-refractivity contribution in [3.63, 3.8) is 0 Å². The molecule has 2 heteroatoms. The fraction of sp³-hybridized carbons (Fsp3) is 1.00. The van der Waals surface area contributed by atoms with E-state index in [0.29, 0.717) is 5.41 Å². The van der Waals surface area contributed by atoms with E-state index in [2.05, 4.69) is 18.7 Å². The standard InChI is InChI=1S/C10H21NO/c1-9(12)7-11-6-4-5-10(2,3)8-11/h9,12H,4-8H2,1-3H3/t9-/m0/s1. The summed E-state index contributed by atoms with van der Waals surface area (Å²) in [6.45, 7) is 9.61. The summed E-state index contributed by atoms with van der Waals surface area (Å²) in [5.41, 5.74) is 0.452. The van der Waals surface area contributed by atoms with Gasteiger partial charge in [0.05, 0.1) is 6.10 Å². The highest BCUT2D eigenvalue weighted by Gasteiger charge is 2.26. The maximum absolute atomic E-state index is 9.23. The molecule has 1 N–H and O–H groups in total. The molecule has 1 rings (SSSR count). The van der Waals surface area contributed by atoms with E-state index < -0.39 is 0 Å². The van der Waals surface area contributed by atoms with Gasteiger partial charge in [-0.3, -0.25) is 0 Å². The van der Waals surface area contributed by atoms with Crippen LogP contribution in [-0.2, 0) is 0 Å². The summed E-state index contributed by atoms with van der Waals surface area (Å²) in [5.74, 6) is 0. The highest BCUT2D eigenvalue weighted by Crippen LogP contribution is 2.28. The molecule has 1 fully saturated rings. The molecule has 0 amide bonds. The predicted octanol–water partition coefficient (Wildman–Crippen LogP) is 1.49. The van der Waals surface area contributed by atoms with Crippen LogP contribution in [-0.4, -0.2) is 35.7 Å². The van der Waals surface area contributed by atoms with Gasteiger partial charge in [0.15, 0.2) is 0 Å². The average Bonchev–Trinajstić information content (AvgIpc) is 1.82. The third kappa shape index (κ3) is 3.11. The van der Waals surface area contributed by atoms with Crippen LogP contribution in [0.15, 0.2) is 0 Å². The minimum Gasteiger partial charge on any atom is -0.392 e. The Labute approximate surface area is 75.6 Å². The summed E-state index contributed by atoms with van der Waals surface area (Å²) in [6.07, 6.45) is 2.42. The van der Waals surface area contributed by atoms with Crippen molar-refractivity contribution in [2.45, 2.75) is 39.7 Å². The summed E-state index contributed by atoms with van der Waals surface area (Å²) in [4.78, 5) is 2.37. The average molecular weight is 171 g/mol. The maximum Gasteiger partial charge on any atom is 0.0639 e. The van der Waals surface area contributed by atoms with Gasteiger partial charge in [0.1, 0.15) is 0 Å². The van der Waals surface area contributed by atoms with Crippen molar-refractivity contribution in [3.05, 3.63) is 0 Å². The molecule has 1 aliphatic heterocycles. The van der Waals surface area contributed by atoms with Gasteiger partial charge in [-0.25, -0.2) is 0 Å². The molecule has 12 heavy (non-hydrogen) atoms. The van der Waals surface area contributed by atoms with Gasteiger partial charge in [0.2, 0.25) is 0 Å². The van der Waals surface area contributed by atoms with Gasteiger partial charge in [-0.1, -0.05) is 13.8 Å². The number of aliphatic hydroxyl groups excluding tert-OH is 1. The van der Waals surface area contributed by atoms with Gasteiger partial charge >= 0.3 is 0 Å². The Balaban J connectivity index is 2.36. The van der Waals surface area contributed by atoms with Gasteiger partial charge in [0.25, 0.3) is 0 Å². The molecule has 1 saturated heterocycles. The topological polar surface area (TPSA) is 23.5 Å². The van der Waals surface area contributed by atoms with Crippen molar-refractivity contribution >= 4 is 0 Å². The number of piperidine rings is 1. The van der Waals surface area contributed by atoms with Crippen molar-refractivity contribution in [3.8, 4) is 0 Å². The Morgan fingerprint density at radius 2 is 2.17 bits per heavy atom. The fourth-order valence-electron chi connectivity index (χ4n) is 2.07. The second-order valence-electron chi connectivity index (χ2n) is 4.85. The van der Waals surface area contributed by atoms with E-state index in [1.807, 2.05) is 6.92 Å². The number of β-amino-alcohol motifs (C(OH)–C–C–N with tert-alkyl or cyclic N) is 1. The molecule has 1 aliphatic rings. The zero-order chi connectivity index (χ0) is 9.19. The third-order valence-electron chi connectivity index (χ3n) is 2.50. The van der Waals surface area contributed by atoms with E-state index in [1.165, 1.54) is 12.8 Å². The van der Waals surface area contributed by atoms with Crippen LogP contribution in [0.1, 0.15) is 33.6 Å². The van der Waals surface area contributed by atoms with Crippen LogP contribution in [0.5, 0.6) is 0 Å². The molecule has 0 spiro atoms. The molecule has 72 valence electrons. The van der Waals surface area contributed by atoms with Gasteiger partial charge in [0, 0.05) is 13.1 Å². The van der Waals surface area contributed by atoms with Crippen molar-refractivity contribution < 1.29 is 5.11 Å². The molecular formula is C10H21NO. The Hall–Kier alpha value is -0.0800. The number of aliphatic hydroxyl groups is 1. The Bertz CT molecular complexity index is 143. The monoisotopic (exact) mass is 171 g/mol. The molecule has 0 aromatic heterocycles. The first kappa shape index (κ1) is 10.0. The van der Waals surface area contributed by atoms with E-state index >= 15 is 0 Å². The van der Waals surface area contributed by atoms with Crippen LogP contribution < -0.4 is 0 Å². The Morgan fingerprint density at radius 1 is 1.50 bits per heavy atom. The van der Waals surface area contributed by atoms with Crippen LogP contribution in [0.25, 0.3) is 0 Å². The lowest BCUT2D eigenvalue weighted by atomic mass is 9.84.